The summed E-state index contributed by atoms with van der Waals surface area (Å²) in [6.45, 7) is 7.18. The third-order valence-corrected chi connectivity index (χ3v) is 6.71. The highest BCUT2D eigenvalue weighted by Crippen LogP contribution is 2.32. The van der Waals surface area contributed by atoms with Crippen LogP contribution >= 0.6 is 11.3 Å². The van der Waals surface area contributed by atoms with Gasteiger partial charge in [0.05, 0.1) is 17.3 Å². The molecule has 3 heterocycles. The Bertz CT molecular complexity index is 1030. The first kappa shape index (κ1) is 23.0. The number of carbonyl (C=O) groups excluding carboxylic acids is 1. The molecule has 0 unspecified atom stereocenters. The van der Waals surface area contributed by atoms with E-state index >= 15 is 0 Å². The Morgan fingerprint density at radius 3 is 2.55 bits per heavy atom. The van der Waals surface area contributed by atoms with Crippen molar-refractivity contribution in [2.75, 3.05) is 31.1 Å². The molecule has 0 aliphatic carbocycles. The van der Waals surface area contributed by atoms with Crippen LogP contribution in [0, 0.1) is 0 Å². The van der Waals surface area contributed by atoms with Crippen molar-refractivity contribution in [3.63, 3.8) is 0 Å². The summed E-state index contributed by atoms with van der Waals surface area (Å²) in [7, 11) is 0. The second-order valence-electron chi connectivity index (χ2n) is 7.91. The van der Waals surface area contributed by atoms with Crippen LogP contribution in [-0.2, 0) is 11.3 Å². The highest BCUT2D eigenvalue weighted by molar-refractivity contribution is 7.09. The van der Waals surface area contributed by atoms with Gasteiger partial charge >= 0.3 is 6.09 Å². The van der Waals surface area contributed by atoms with Gasteiger partial charge in [-0.2, -0.15) is 0 Å². The second-order valence-corrected chi connectivity index (χ2v) is 8.80. The Morgan fingerprint density at radius 1 is 1.12 bits per heavy atom. The third kappa shape index (κ3) is 6.01. The van der Waals surface area contributed by atoms with Gasteiger partial charge in [-0.25, -0.2) is 14.8 Å². The van der Waals surface area contributed by atoms with Gasteiger partial charge in [-0.15, -0.1) is 11.3 Å². The number of hydrogen-bond acceptors (Lipinski definition) is 7. The summed E-state index contributed by atoms with van der Waals surface area (Å²) in [5, 5.41) is 5.74. The highest BCUT2D eigenvalue weighted by atomic mass is 32.1. The molecule has 174 valence electrons. The molecule has 0 radical (unpaired) electrons. The van der Waals surface area contributed by atoms with Gasteiger partial charge in [-0.1, -0.05) is 12.1 Å². The molecule has 1 fully saturated rings. The van der Waals surface area contributed by atoms with Crippen LogP contribution in [0.1, 0.15) is 43.3 Å². The number of rotatable bonds is 8. The molecule has 1 aromatic carbocycles. The van der Waals surface area contributed by atoms with E-state index in [9.17, 15) is 4.79 Å². The van der Waals surface area contributed by atoms with E-state index in [4.69, 9.17) is 19.4 Å². The van der Waals surface area contributed by atoms with Gasteiger partial charge in [0.1, 0.15) is 18.2 Å². The van der Waals surface area contributed by atoms with Gasteiger partial charge < -0.3 is 19.7 Å². The fourth-order valence-corrected chi connectivity index (χ4v) is 4.90. The van der Waals surface area contributed by atoms with Gasteiger partial charge in [-0.05, 0) is 56.5 Å². The molecule has 8 heteroatoms. The average molecular weight is 467 g/mol. The number of ether oxygens (including phenoxy) is 2. The van der Waals surface area contributed by atoms with E-state index in [2.05, 4.69) is 34.5 Å². The number of nitrogens with zero attached hydrogens (tertiary/aromatic N) is 3. The molecular formula is C25H30N4O3S. The van der Waals surface area contributed by atoms with Crippen LogP contribution in [0.4, 0.5) is 10.6 Å². The SMILES string of the molecule is CCNC(=O)OCc1csc(C2CCN(c3ccc(-c4ccc(OCC)cc4)cn3)CC2)n1. The van der Waals surface area contributed by atoms with Crippen molar-refractivity contribution in [1.82, 2.24) is 15.3 Å². The van der Waals surface area contributed by atoms with Crippen LogP contribution in [0.15, 0.2) is 48.0 Å². The van der Waals surface area contributed by atoms with Crippen LogP contribution in [0.3, 0.4) is 0 Å². The summed E-state index contributed by atoms with van der Waals surface area (Å²) >= 11 is 1.66. The minimum Gasteiger partial charge on any atom is -0.494 e. The van der Waals surface area contributed by atoms with Crippen molar-refractivity contribution in [2.24, 2.45) is 0 Å². The number of anilines is 1. The predicted octanol–water partition coefficient (Wildman–Crippen LogP) is 5.23. The first-order valence-corrected chi connectivity index (χ1v) is 12.3. The smallest absolute Gasteiger partial charge is 0.407 e. The second kappa shape index (κ2) is 11.1. The van der Waals surface area contributed by atoms with Crippen LogP contribution in [0.5, 0.6) is 5.75 Å². The summed E-state index contributed by atoms with van der Waals surface area (Å²) in [4.78, 5) is 23.2. The first-order chi connectivity index (χ1) is 16.2. The topological polar surface area (TPSA) is 76.6 Å². The van der Waals surface area contributed by atoms with E-state index in [1.54, 1.807) is 11.3 Å². The predicted molar refractivity (Wildman–Crippen MR) is 131 cm³/mol. The number of hydrogen-bond donors (Lipinski definition) is 1. The van der Waals surface area contributed by atoms with Crippen LogP contribution in [-0.4, -0.2) is 42.3 Å². The van der Waals surface area contributed by atoms with Crippen molar-refractivity contribution in [3.05, 3.63) is 58.7 Å². The lowest BCUT2D eigenvalue weighted by Gasteiger charge is -2.32. The summed E-state index contributed by atoms with van der Waals surface area (Å²) < 4.78 is 10.7. The maximum atomic E-state index is 11.5. The lowest BCUT2D eigenvalue weighted by Crippen LogP contribution is -2.33. The monoisotopic (exact) mass is 466 g/mol. The van der Waals surface area contributed by atoms with E-state index in [1.807, 2.05) is 37.6 Å². The molecule has 1 amide bonds. The molecule has 1 aliphatic rings. The zero-order valence-electron chi connectivity index (χ0n) is 19.1. The Labute approximate surface area is 198 Å². The standard InChI is InChI=1S/C25H30N4O3S/c1-3-26-25(30)32-16-21-17-33-24(28-21)19-11-13-29(14-12-19)23-10-7-20(15-27-23)18-5-8-22(9-6-18)31-4-2/h5-10,15,17,19H,3-4,11-14,16H2,1-2H3,(H,26,30). The molecule has 3 aromatic rings. The third-order valence-electron chi connectivity index (χ3n) is 5.66. The lowest BCUT2D eigenvalue weighted by molar-refractivity contribution is 0.139. The summed E-state index contributed by atoms with van der Waals surface area (Å²) in [6.07, 6.45) is 3.61. The number of thiazole rings is 1. The summed E-state index contributed by atoms with van der Waals surface area (Å²) in [6, 6.07) is 12.4. The fraction of sp³-hybridized carbons (Fsp3) is 0.400. The largest absolute Gasteiger partial charge is 0.494 e. The molecule has 1 N–H and O–H groups in total. The minimum atomic E-state index is -0.401. The number of piperidine rings is 1. The van der Waals surface area contributed by atoms with E-state index < -0.39 is 6.09 Å². The summed E-state index contributed by atoms with van der Waals surface area (Å²) in [5.41, 5.74) is 3.05. The maximum absolute atomic E-state index is 11.5. The van der Waals surface area contributed by atoms with Crippen molar-refractivity contribution in [2.45, 2.75) is 39.2 Å². The molecule has 33 heavy (non-hydrogen) atoms. The van der Waals surface area contributed by atoms with Crippen molar-refractivity contribution in [1.29, 1.82) is 0 Å². The molecule has 2 aromatic heterocycles. The Balaban J connectivity index is 1.29. The van der Waals surface area contributed by atoms with Gasteiger partial charge in [-0.3, -0.25) is 0 Å². The molecule has 0 atom stereocenters. The number of carbonyl (C=O) groups is 1. The number of amides is 1. The first-order valence-electron chi connectivity index (χ1n) is 11.5. The van der Waals surface area contributed by atoms with E-state index in [-0.39, 0.29) is 6.61 Å². The Kier molecular flexibility index (Phi) is 7.78. The fourth-order valence-electron chi connectivity index (χ4n) is 3.92. The molecule has 0 spiro atoms. The molecule has 0 bridgehead atoms. The molecule has 7 nitrogen and oxygen atoms in total. The number of nitrogens with one attached hydrogen (secondary N) is 1. The number of alkyl carbamates (subject to hydrolysis) is 1. The summed E-state index contributed by atoms with van der Waals surface area (Å²) in [5.74, 6) is 2.33. The molecule has 4 rings (SSSR count). The van der Waals surface area contributed by atoms with Crippen LogP contribution < -0.4 is 15.0 Å². The molecule has 1 saturated heterocycles. The maximum Gasteiger partial charge on any atom is 0.407 e. The van der Waals surface area contributed by atoms with Gasteiger partial charge in [0, 0.05) is 42.7 Å². The number of aromatic nitrogens is 2. The Morgan fingerprint density at radius 2 is 1.88 bits per heavy atom. The van der Waals surface area contributed by atoms with Crippen molar-refractivity contribution < 1.29 is 14.3 Å². The van der Waals surface area contributed by atoms with Crippen molar-refractivity contribution in [3.8, 4) is 16.9 Å². The molecular weight excluding hydrogens is 436 g/mol. The highest BCUT2D eigenvalue weighted by Gasteiger charge is 2.24. The van der Waals surface area contributed by atoms with Crippen molar-refractivity contribution >= 4 is 23.2 Å². The van der Waals surface area contributed by atoms with E-state index in [1.165, 1.54) is 0 Å². The lowest BCUT2D eigenvalue weighted by atomic mass is 9.97. The van der Waals surface area contributed by atoms with Gasteiger partial charge in [0.25, 0.3) is 0 Å². The molecule has 1 aliphatic heterocycles. The average Bonchev–Trinajstić information content (AvgIpc) is 3.33. The minimum absolute atomic E-state index is 0.214. The zero-order chi connectivity index (χ0) is 23.0. The van der Waals surface area contributed by atoms with E-state index in [0.29, 0.717) is 19.1 Å². The van der Waals surface area contributed by atoms with Crippen LogP contribution in [0.2, 0.25) is 0 Å². The van der Waals surface area contributed by atoms with Gasteiger partial charge in [0.2, 0.25) is 0 Å². The van der Waals surface area contributed by atoms with Crippen LogP contribution in [0.25, 0.3) is 11.1 Å². The number of pyridine rings is 1. The molecule has 0 saturated carbocycles. The van der Waals surface area contributed by atoms with E-state index in [0.717, 1.165) is 59.3 Å². The number of benzene rings is 1. The van der Waals surface area contributed by atoms with Gasteiger partial charge in [0.15, 0.2) is 0 Å². The Hall–Kier alpha value is -3.13. The zero-order valence-corrected chi connectivity index (χ0v) is 19.9. The normalized spacial score (nSPS) is 14.2. The quantitative estimate of drug-likeness (QED) is 0.490.